The lowest BCUT2D eigenvalue weighted by atomic mass is 10.3. The summed E-state index contributed by atoms with van der Waals surface area (Å²) >= 11 is 5.82. The molecule has 0 N–H and O–H groups in total. The Morgan fingerprint density at radius 2 is 2.06 bits per heavy atom. The summed E-state index contributed by atoms with van der Waals surface area (Å²) in [7, 11) is 0. The molecule has 0 atom stereocenters. The molecular weight excluding hydrogens is 262 g/mol. The Morgan fingerprint density at radius 1 is 1.28 bits per heavy atom. The maximum Gasteiger partial charge on any atom is 0.239 e. The summed E-state index contributed by atoms with van der Waals surface area (Å²) in [4.78, 5) is 3.76. The number of halogens is 3. The van der Waals surface area contributed by atoms with Crippen LogP contribution in [0.4, 0.5) is 8.78 Å². The third-order valence-electron chi connectivity index (χ3n) is 2.08. The van der Waals surface area contributed by atoms with Crippen LogP contribution in [0.5, 0.6) is 11.6 Å². The van der Waals surface area contributed by atoms with Crippen LogP contribution in [0.3, 0.4) is 0 Å². The van der Waals surface area contributed by atoms with Crippen LogP contribution in [0.2, 0.25) is 5.02 Å². The predicted octanol–water partition coefficient (Wildman–Crippen LogP) is 3.68. The summed E-state index contributed by atoms with van der Waals surface area (Å²) in [6.45, 7) is 0. The van der Waals surface area contributed by atoms with Gasteiger partial charge in [-0.05, 0) is 18.2 Å². The first kappa shape index (κ1) is 12.3. The fraction of sp³-hybridized carbons (Fsp3) is 0. The highest BCUT2D eigenvalue weighted by molar-refractivity contribution is 6.33. The van der Waals surface area contributed by atoms with E-state index in [9.17, 15) is 8.78 Å². The summed E-state index contributed by atoms with van der Waals surface area (Å²) < 4.78 is 31.3. The largest absolute Gasteiger partial charge is 0.434 e. The molecule has 18 heavy (non-hydrogen) atoms. The van der Waals surface area contributed by atoms with E-state index in [2.05, 4.69) is 4.98 Å². The molecule has 3 nitrogen and oxygen atoms in total. The molecule has 1 heterocycles. The molecule has 90 valence electrons. The smallest absolute Gasteiger partial charge is 0.239 e. The number of pyridine rings is 1. The highest BCUT2D eigenvalue weighted by atomic mass is 35.5. The van der Waals surface area contributed by atoms with Crippen molar-refractivity contribution in [1.82, 2.24) is 4.98 Å². The highest BCUT2D eigenvalue weighted by Gasteiger charge is 2.12. The van der Waals surface area contributed by atoms with Crippen LogP contribution in [-0.2, 0) is 0 Å². The molecule has 0 aliphatic carbocycles. The fourth-order valence-electron chi connectivity index (χ4n) is 1.24. The number of hydrogen-bond acceptors (Lipinski definition) is 3. The Labute approximate surface area is 106 Å². The highest BCUT2D eigenvalue weighted by Crippen LogP contribution is 2.30. The number of benzene rings is 1. The maximum absolute atomic E-state index is 13.3. The Hall–Kier alpha value is -2.19. The molecule has 2 aromatic rings. The lowest BCUT2D eigenvalue weighted by molar-refractivity contribution is 0.422. The normalized spacial score (nSPS) is 9.89. The average molecular weight is 267 g/mol. The van der Waals surface area contributed by atoms with Gasteiger partial charge in [0.05, 0.1) is 5.56 Å². The van der Waals surface area contributed by atoms with Crippen molar-refractivity contribution in [1.29, 1.82) is 5.26 Å². The van der Waals surface area contributed by atoms with Gasteiger partial charge in [-0.3, -0.25) is 0 Å². The van der Waals surface area contributed by atoms with E-state index in [0.29, 0.717) is 0 Å². The Morgan fingerprint density at radius 3 is 2.78 bits per heavy atom. The first-order chi connectivity index (χ1) is 8.61. The lowest BCUT2D eigenvalue weighted by Gasteiger charge is -2.07. The monoisotopic (exact) mass is 266 g/mol. The van der Waals surface area contributed by atoms with Crippen molar-refractivity contribution in [3.63, 3.8) is 0 Å². The molecule has 6 heteroatoms. The van der Waals surface area contributed by atoms with E-state index in [1.165, 1.54) is 12.3 Å². The molecule has 1 aromatic carbocycles. The van der Waals surface area contributed by atoms with Crippen LogP contribution in [0.1, 0.15) is 5.56 Å². The van der Waals surface area contributed by atoms with Crippen LogP contribution in [-0.4, -0.2) is 4.98 Å². The molecule has 0 saturated heterocycles. The summed E-state index contributed by atoms with van der Waals surface area (Å²) in [6.07, 6.45) is 1.29. The molecule has 0 spiro atoms. The Bertz CT molecular complexity index is 640. The van der Waals surface area contributed by atoms with Crippen LogP contribution in [0.15, 0.2) is 30.5 Å². The van der Waals surface area contributed by atoms with E-state index in [1.54, 1.807) is 0 Å². The summed E-state index contributed by atoms with van der Waals surface area (Å²) in [6, 6.07) is 5.97. The second-order valence-electron chi connectivity index (χ2n) is 3.27. The van der Waals surface area contributed by atoms with Crippen LogP contribution >= 0.6 is 11.6 Å². The summed E-state index contributed by atoms with van der Waals surface area (Å²) in [5, 5.41) is 8.70. The van der Waals surface area contributed by atoms with Gasteiger partial charge in [0.15, 0.2) is 11.6 Å². The average Bonchev–Trinajstić information content (AvgIpc) is 2.36. The molecule has 1 aromatic heterocycles. The molecular formula is C12H5ClF2N2O. The molecule has 0 fully saturated rings. The zero-order valence-corrected chi connectivity index (χ0v) is 9.58. The van der Waals surface area contributed by atoms with Crippen molar-refractivity contribution in [2.24, 2.45) is 0 Å². The van der Waals surface area contributed by atoms with Gasteiger partial charge in [0.2, 0.25) is 5.88 Å². The fourth-order valence-corrected chi connectivity index (χ4v) is 1.43. The van der Waals surface area contributed by atoms with Crippen molar-refractivity contribution in [3.05, 3.63) is 52.7 Å². The Kier molecular flexibility index (Phi) is 3.40. The number of aromatic nitrogens is 1. The molecule has 0 aliphatic heterocycles. The van der Waals surface area contributed by atoms with Gasteiger partial charge in [-0.15, -0.1) is 0 Å². The minimum atomic E-state index is -0.753. The van der Waals surface area contributed by atoms with Crippen LogP contribution in [0.25, 0.3) is 0 Å². The first-order valence-electron chi connectivity index (χ1n) is 4.79. The molecule has 2 rings (SSSR count). The van der Waals surface area contributed by atoms with E-state index >= 15 is 0 Å². The van der Waals surface area contributed by atoms with E-state index in [-0.39, 0.29) is 22.2 Å². The van der Waals surface area contributed by atoms with Crippen LogP contribution in [0, 0.1) is 23.0 Å². The zero-order valence-electron chi connectivity index (χ0n) is 8.82. The zero-order chi connectivity index (χ0) is 13.1. The second kappa shape index (κ2) is 4.98. The third kappa shape index (κ3) is 2.39. The van der Waals surface area contributed by atoms with Gasteiger partial charge >= 0.3 is 0 Å². The molecule has 0 unspecified atom stereocenters. The number of rotatable bonds is 2. The molecule has 0 aliphatic rings. The maximum atomic E-state index is 13.3. The number of ether oxygens (including phenoxy) is 1. The number of nitriles is 1. The minimum Gasteiger partial charge on any atom is -0.434 e. The Balaban J connectivity index is 2.41. The van der Waals surface area contributed by atoms with Gasteiger partial charge < -0.3 is 4.74 Å². The summed E-state index contributed by atoms with van der Waals surface area (Å²) in [5.74, 6) is -1.91. The van der Waals surface area contributed by atoms with Crippen molar-refractivity contribution >= 4 is 11.6 Å². The SMILES string of the molecule is N#Cc1ccnc(Oc2cc(F)ccc2F)c1Cl. The van der Waals surface area contributed by atoms with E-state index < -0.39 is 11.6 Å². The van der Waals surface area contributed by atoms with E-state index in [4.69, 9.17) is 21.6 Å². The lowest BCUT2D eigenvalue weighted by Crippen LogP contribution is -1.94. The first-order valence-corrected chi connectivity index (χ1v) is 5.17. The second-order valence-corrected chi connectivity index (χ2v) is 3.64. The van der Waals surface area contributed by atoms with Gasteiger partial charge in [0.1, 0.15) is 16.9 Å². The molecule has 0 saturated carbocycles. The van der Waals surface area contributed by atoms with Gasteiger partial charge in [-0.25, -0.2) is 13.8 Å². The van der Waals surface area contributed by atoms with Crippen molar-refractivity contribution in [3.8, 4) is 17.7 Å². The molecule has 0 amide bonds. The molecule has 0 bridgehead atoms. The van der Waals surface area contributed by atoms with Gasteiger partial charge in [0, 0.05) is 12.3 Å². The van der Waals surface area contributed by atoms with Crippen molar-refractivity contribution in [2.45, 2.75) is 0 Å². The number of nitrogens with zero attached hydrogens (tertiary/aromatic N) is 2. The van der Waals surface area contributed by atoms with Crippen molar-refractivity contribution in [2.75, 3.05) is 0 Å². The van der Waals surface area contributed by atoms with Gasteiger partial charge in [0.25, 0.3) is 0 Å². The van der Waals surface area contributed by atoms with Gasteiger partial charge in [-0.1, -0.05) is 11.6 Å². The standard InChI is InChI=1S/C12H5ClF2N2O/c13-11-7(6-16)3-4-17-12(11)18-10-5-8(14)1-2-9(10)15/h1-5H. The summed E-state index contributed by atoms with van der Waals surface area (Å²) in [5.41, 5.74) is 0.137. The molecule has 0 radical (unpaired) electrons. The van der Waals surface area contributed by atoms with Gasteiger partial charge in [-0.2, -0.15) is 5.26 Å². The van der Waals surface area contributed by atoms with Crippen molar-refractivity contribution < 1.29 is 13.5 Å². The van der Waals surface area contributed by atoms with E-state index in [0.717, 1.165) is 18.2 Å². The van der Waals surface area contributed by atoms with Crippen LogP contribution < -0.4 is 4.74 Å². The minimum absolute atomic E-state index is 0.0522. The topological polar surface area (TPSA) is 45.9 Å². The van der Waals surface area contributed by atoms with E-state index in [1.807, 2.05) is 6.07 Å². The quantitative estimate of drug-likeness (QED) is 0.833. The number of hydrogen-bond donors (Lipinski definition) is 0. The predicted molar refractivity (Wildman–Crippen MR) is 60.4 cm³/mol. The third-order valence-corrected chi connectivity index (χ3v) is 2.44.